The second-order valence-electron chi connectivity index (χ2n) is 7.68. The quantitative estimate of drug-likeness (QED) is 0.750. The molecule has 6 nitrogen and oxygen atoms in total. The van der Waals surface area contributed by atoms with Gasteiger partial charge in [0.05, 0.1) is 0 Å². The normalized spacial score (nSPS) is 23.1. The molecule has 1 fully saturated rings. The maximum atomic E-state index is 12.2. The van der Waals surface area contributed by atoms with E-state index >= 15 is 0 Å². The molecule has 138 valence electrons. The number of para-hydroxylation sites is 1. The van der Waals surface area contributed by atoms with Crippen molar-refractivity contribution < 1.29 is 9.90 Å². The van der Waals surface area contributed by atoms with E-state index in [1.807, 2.05) is 47.2 Å². The van der Waals surface area contributed by atoms with E-state index in [1.165, 1.54) is 0 Å². The van der Waals surface area contributed by atoms with E-state index in [1.54, 1.807) is 6.07 Å². The van der Waals surface area contributed by atoms with Gasteiger partial charge in [0.15, 0.2) is 0 Å². The molecule has 4 heterocycles. The first-order valence-corrected chi connectivity index (χ1v) is 9.34. The number of H-pyrrole nitrogens is 1. The lowest BCUT2D eigenvalue weighted by molar-refractivity contribution is -0.144. The second-order valence-corrected chi connectivity index (χ2v) is 7.68. The first kappa shape index (κ1) is 16.3. The maximum Gasteiger partial charge on any atom is 0.325 e. The highest BCUT2D eigenvalue weighted by Crippen LogP contribution is 2.39. The Morgan fingerprint density at radius 1 is 1.11 bits per heavy atom. The summed E-state index contributed by atoms with van der Waals surface area (Å²) < 4.78 is 1.87. The van der Waals surface area contributed by atoms with Gasteiger partial charge in [0.1, 0.15) is 6.04 Å². The summed E-state index contributed by atoms with van der Waals surface area (Å²) in [5.74, 6) is -0.341. The van der Waals surface area contributed by atoms with Crippen LogP contribution in [0.1, 0.15) is 29.6 Å². The van der Waals surface area contributed by atoms with Crippen LogP contribution in [-0.2, 0) is 11.3 Å². The molecule has 5 rings (SSSR count). The van der Waals surface area contributed by atoms with Crippen LogP contribution in [0.3, 0.4) is 0 Å². The van der Waals surface area contributed by atoms with E-state index in [9.17, 15) is 14.7 Å². The van der Waals surface area contributed by atoms with Gasteiger partial charge in [-0.3, -0.25) is 14.5 Å². The first-order valence-electron chi connectivity index (χ1n) is 9.34. The van der Waals surface area contributed by atoms with Gasteiger partial charge in [0.2, 0.25) is 0 Å². The largest absolute Gasteiger partial charge is 0.480 e. The van der Waals surface area contributed by atoms with Gasteiger partial charge in [-0.05, 0) is 24.5 Å². The number of piperidine rings is 1. The number of aromatic nitrogens is 2. The number of carboxylic acids is 1. The van der Waals surface area contributed by atoms with Crippen molar-refractivity contribution >= 4 is 16.9 Å². The number of aliphatic carboxylic acids is 1. The molecule has 27 heavy (non-hydrogen) atoms. The smallest absolute Gasteiger partial charge is 0.325 e. The number of pyridine rings is 1. The lowest BCUT2D eigenvalue weighted by Gasteiger charge is -2.44. The zero-order chi connectivity index (χ0) is 18.5. The Labute approximate surface area is 156 Å². The molecule has 3 atom stereocenters. The van der Waals surface area contributed by atoms with Gasteiger partial charge in [0.25, 0.3) is 5.56 Å². The molecule has 0 unspecified atom stereocenters. The molecule has 2 bridgehead atoms. The standard InChI is InChI=1S/C21H21N3O3/c25-19-7-3-6-18-14-8-13(11-24(18)19)10-23(12-14)20(21(26)27)16-9-22-17-5-2-1-4-15(16)17/h1-7,9,13-14,20,22H,8,10-12H2,(H,26,27)/t13-,14+,20-/m1/s1. The van der Waals surface area contributed by atoms with E-state index in [2.05, 4.69) is 9.88 Å². The van der Waals surface area contributed by atoms with Gasteiger partial charge in [-0.25, -0.2) is 0 Å². The van der Waals surface area contributed by atoms with Crippen molar-refractivity contribution in [1.29, 1.82) is 0 Å². The number of fused-ring (bicyclic) bond motifs is 5. The number of rotatable bonds is 3. The fourth-order valence-corrected chi connectivity index (χ4v) is 4.95. The number of benzene rings is 1. The molecule has 3 aromatic rings. The zero-order valence-corrected chi connectivity index (χ0v) is 14.8. The van der Waals surface area contributed by atoms with Crippen LogP contribution in [0.15, 0.2) is 53.5 Å². The van der Waals surface area contributed by atoms with Crippen molar-refractivity contribution in [3.05, 3.63) is 70.3 Å². The number of nitrogens with zero attached hydrogens (tertiary/aromatic N) is 2. The van der Waals surface area contributed by atoms with Crippen molar-refractivity contribution in [1.82, 2.24) is 14.5 Å². The van der Waals surface area contributed by atoms with E-state index in [4.69, 9.17) is 0 Å². The molecular formula is C21H21N3O3. The molecule has 1 aromatic carbocycles. The van der Waals surface area contributed by atoms with Gasteiger partial charge >= 0.3 is 5.97 Å². The zero-order valence-electron chi connectivity index (χ0n) is 14.8. The SMILES string of the molecule is O=C(O)[C@@H](c1c[nH]c2ccccc12)N1C[C@H]2C[C@@H](C1)c1cccc(=O)n1C2. The van der Waals surface area contributed by atoms with Crippen LogP contribution in [-0.4, -0.2) is 38.6 Å². The van der Waals surface area contributed by atoms with Gasteiger partial charge in [-0.2, -0.15) is 0 Å². The van der Waals surface area contributed by atoms with Gasteiger partial charge in [-0.15, -0.1) is 0 Å². The first-order chi connectivity index (χ1) is 13.1. The van der Waals surface area contributed by atoms with E-state index < -0.39 is 12.0 Å². The molecule has 1 saturated heterocycles. The molecule has 0 amide bonds. The molecular weight excluding hydrogens is 342 g/mol. The van der Waals surface area contributed by atoms with Crippen LogP contribution in [0.25, 0.3) is 10.9 Å². The lowest BCUT2D eigenvalue weighted by Crippen LogP contribution is -2.49. The third kappa shape index (κ3) is 2.59. The van der Waals surface area contributed by atoms with Crippen molar-refractivity contribution in [2.45, 2.75) is 24.9 Å². The summed E-state index contributed by atoms with van der Waals surface area (Å²) in [5.41, 5.74) is 2.84. The Morgan fingerprint density at radius 2 is 1.96 bits per heavy atom. The number of likely N-dealkylation sites (tertiary alicyclic amines) is 1. The highest BCUT2D eigenvalue weighted by atomic mass is 16.4. The van der Waals surface area contributed by atoms with Crippen molar-refractivity contribution in [2.24, 2.45) is 5.92 Å². The van der Waals surface area contributed by atoms with Crippen LogP contribution < -0.4 is 5.56 Å². The van der Waals surface area contributed by atoms with Crippen molar-refractivity contribution in [3.8, 4) is 0 Å². The fourth-order valence-electron chi connectivity index (χ4n) is 4.95. The maximum absolute atomic E-state index is 12.2. The number of carbonyl (C=O) groups is 1. The lowest BCUT2D eigenvalue weighted by atomic mass is 9.82. The number of aromatic amines is 1. The van der Waals surface area contributed by atoms with Crippen molar-refractivity contribution in [2.75, 3.05) is 13.1 Å². The Hall–Kier alpha value is -2.86. The highest BCUT2D eigenvalue weighted by Gasteiger charge is 2.40. The van der Waals surface area contributed by atoms with Crippen LogP contribution in [0, 0.1) is 5.92 Å². The fraction of sp³-hybridized carbons (Fsp3) is 0.333. The molecule has 0 saturated carbocycles. The summed E-state index contributed by atoms with van der Waals surface area (Å²) in [6.45, 7) is 2.01. The molecule has 2 aromatic heterocycles. The minimum atomic E-state index is -0.829. The molecule has 0 spiro atoms. The highest BCUT2D eigenvalue weighted by molar-refractivity contribution is 5.89. The molecule has 0 aliphatic carbocycles. The Kier molecular flexibility index (Phi) is 3.68. The van der Waals surface area contributed by atoms with Crippen LogP contribution >= 0.6 is 0 Å². The topological polar surface area (TPSA) is 78.3 Å². The Balaban J connectivity index is 1.54. The van der Waals surface area contributed by atoms with Crippen LogP contribution in [0.4, 0.5) is 0 Å². The average molecular weight is 363 g/mol. The minimum absolute atomic E-state index is 0.0436. The number of nitrogens with one attached hydrogen (secondary N) is 1. The summed E-state index contributed by atoms with van der Waals surface area (Å²) in [5, 5.41) is 11.0. The summed E-state index contributed by atoms with van der Waals surface area (Å²) in [6.07, 6.45) is 2.84. The summed E-state index contributed by atoms with van der Waals surface area (Å²) in [4.78, 5) is 29.7. The summed E-state index contributed by atoms with van der Waals surface area (Å²) >= 11 is 0. The number of hydrogen-bond acceptors (Lipinski definition) is 3. The molecule has 0 radical (unpaired) electrons. The average Bonchev–Trinajstić information content (AvgIpc) is 3.06. The Bertz CT molecular complexity index is 1080. The monoisotopic (exact) mass is 363 g/mol. The molecule has 2 N–H and O–H groups in total. The van der Waals surface area contributed by atoms with E-state index in [0.717, 1.165) is 28.6 Å². The van der Waals surface area contributed by atoms with Crippen LogP contribution in [0.2, 0.25) is 0 Å². The van der Waals surface area contributed by atoms with E-state index in [0.29, 0.717) is 25.6 Å². The second kappa shape index (κ2) is 6.09. The van der Waals surface area contributed by atoms with Gasteiger partial charge in [0, 0.05) is 60.0 Å². The van der Waals surface area contributed by atoms with Crippen molar-refractivity contribution in [3.63, 3.8) is 0 Å². The molecule has 6 heteroatoms. The Morgan fingerprint density at radius 3 is 2.81 bits per heavy atom. The van der Waals surface area contributed by atoms with Gasteiger partial charge in [-0.1, -0.05) is 24.3 Å². The third-order valence-corrected chi connectivity index (χ3v) is 6.02. The molecule has 2 aliphatic rings. The summed E-state index contributed by atoms with van der Waals surface area (Å²) in [6, 6.07) is 12.5. The van der Waals surface area contributed by atoms with Gasteiger partial charge < -0.3 is 14.7 Å². The third-order valence-electron chi connectivity index (χ3n) is 6.02. The predicted molar refractivity (Wildman–Crippen MR) is 102 cm³/mol. The van der Waals surface area contributed by atoms with Crippen LogP contribution in [0.5, 0.6) is 0 Å². The predicted octanol–water partition coefficient (Wildman–Crippen LogP) is 2.57. The minimum Gasteiger partial charge on any atom is -0.480 e. The van der Waals surface area contributed by atoms with E-state index in [-0.39, 0.29) is 11.5 Å². The number of carboxylic acid groups (broad SMARTS) is 1. The number of hydrogen-bond donors (Lipinski definition) is 2. The molecule has 2 aliphatic heterocycles. The summed E-state index contributed by atoms with van der Waals surface area (Å²) in [7, 11) is 0.